The van der Waals surface area contributed by atoms with E-state index in [0.29, 0.717) is 11.5 Å². The maximum atomic E-state index is 11.1. The minimum absolute atomic E-state index is 0.182. The molecule has 1 unspecified atom stereocenters. The van der Waals surface area contributed by atoms with E-state index >= 15 is 0 Å². The van der Waals surface area contributed by atoms with Gasteiger partial charge in [-0.3, -0.25) is 0 Å². The van der Waals surface area contributed by atoms with E-state index in [1.165, 1.54) is 27.8 Å². The van der Waals surface area contributed by atoms with Crippen molar-refractivity contribution in [3.63, 3.8) is 0 Å². The third-order valence-electron chi connectivity index (χ3n) is 11.8. The smallest absolute Gasteiger partial charge is 0.418 e. The lowest BCUT2D eigenvalue weighted by atomic mass is 9.80. The molecule has 7 nitrogen and oxygen atoms in total. The van der Waals surface area contributed by atoms with Crippen molar-refractivity contribution in [1.29, 1.82) is 0 Å². The van der Waals surface area contributed by atoms with Gasteiger partial charge in [-0.15, -0.1) is 9.13 Å². The summed E-state index contributed by atoms with van der Waals surface area (Å²) in [5.41, 5.74) is 12.4. The Balaban J connectivity index is 1.41. The maximum absolute atomic E-state index is 11.1. The van der Waals surface area contributed by atoms with Crippen LogP contribution >= 0.6 is 0 Å². The predicted molar refractivity (Wildman–Crippen MR) is 199 cm³/mol. The number of benzene rings is 5. The van der Waals surface area contributed by atoms with Crippen LogP contribution in [0.5, 0.6) is 28.7 Å². The van der Waals surface area contributed by atoms with Gasteiger partial charge in [0.1, 0.15) is 11.1 Å². The highest BCUT2D eigenvalue weighted by atomic mass is 16.4. The molecule has 4 heterocycles. The standard InChI is InChI=1S/C45H34N2O5/c1-23(2)24-17-19-30-29(21-24)36-37(44(30,3)4)28-12-6-8-15-34(28)47-38(36)27-11-5-7-13-31(27)45(47)32-22-25(16-18-26(32)33-14-9-10-20-46(33)45)35-39(48)41(50)43(52)42(51)40(35)49/h5-23H,1-4H3,(H3-,48,49,50,51,52)/p+2. The van der Waals surface area contributed by atoms with Crippen molar-refractivity contribution in [3.05, 3.63) is 137 Å². The largest absolute Gasteiger partial charge is 0.504 e. The van der Waals surface area contributed by atoms with E-state index in [9.17, 15) is 25.5 Å². The first kappa shape index (κ1) is 30.5. The topological polar surface area (TPSA) is 109 Å². The first-order valence-electron chi connectivity index (χ1n) is 17.6. The normalized spacial score (nSPS) is 16.9. The molecule has 1 aliphatic carbocycles. The highest BCUT2D eigenvalue weighted by molar-refractivity contribution is 6.01. The molecule has 52 heavy (non-hydrogen) atoms. The van der Waals surface area contributed by atoms with E-state index < -0.39 is 34.4 Å². The molecule has 7 aromatic rings. The Morgan fingerprint density at radius 2 is 1.27 bits per heavy atom. The monoisotopic (exact) mass is 684 g/mol. The number of pyridine rings is 2. The third-order valence-corrected chi connectivity index (χ3v) is 11.8. The molecule has 0 bridgehead atoms. The first-order valence-corrected chi connectivity index (χ1v) is 17.6. The average Bonchev–Trinajstić information content (AvgIpc) is 3.72. The van der Waals surface area contributed by atoms with Crippen LogP contribution in [0.2, 0.25) is 0 Å². The molecule has 0 radical (unpaired) electrons. The van der Waals surface area contributed by atoms with E-state index in [4.69, 9.17) is 0 Å². The van der Waals surface area contributed by atoms with Crippen LogP contribution in [-0.4, -0.2) is 25.5 Å². The van der Waals surface area contributed by atoms with Gasteiger partial charge in [-0.05, 0) is 70.1 Å². The van der Waals surface area contributed by atoms with Gasteiger partial charge >= 0.3 is 5.66 Å². The Morgan fingerprint density at radius 3 is 2.04 bits per heavy atom. The fourth-order valence-electron chi connectivity index (χ4n) is 9.54. The summed E-state index contributed by atoms with van der Waals surface area (Å²) in [6, 6.07) is 35.9. The summed E-state index contributed by atoms with van der Waals surface area (Å²) >= 11 is 0. The van der Waals surface area contributed by atoms with Gasteiger partial charge in [0.2, 0.25) is 34.2 Å². The van der Waals surface area contributed by atoms with Crippen molar-refractivity contribution in [2.45, 2.75) is 44.7 Å². The summed E-state index contributed by atoms with van der Waals surface area (Å²) in [6.07, 6.45) is 2.11. The minimum atomic E-state index is -0.988. The van der Waals surface area contributed by atoms with Crippen LogP contribution in [0.15, 0.2) is 109 Å². The molecule has 254 valence electrons. The molecule has 2 aliphatic heterocycles. The van der Waals surface area contributed by atoms with E-state index in [-0.39, 0.29) is 11.0 Å². The number of fused-ring (bicyclic) bond motifs is 17. The van der Waals surface area contributed by atoms with Gasteiger partial charge in [0, 0.05) is 23.6 Å². The molecule has 10 rings (SSSR count). The Morgan fingerprint density at radius 1 is 0.577 bits per heavy atom. The second-order valence-corrected chi connectivity index (χ2v) is 15.1. The van der Waals surface area contributed by atoms with Crippen LogP contribution < -0.4 is 9.13 Å². The van der Waals surface area contributed by atoms with Crippen LogP contribution in [0.25, 0.3) is 55.7 Å². The Bertz CT molecular complexity index is 2740. The second kappa shape index (κ2) is 9.92. The number of aromatic nitrogens is 2. The van der Waals surface area contributed by atoms with Crippen LogP contribution in [0.3, 0.4) is 0 Å². The maximum Gasteiger partial charge on any atom is 0.418 e. The SMILES string of the molecule is CC(C)c1ccc2c(c1)-c1c(c3ccccc3[n+]3c1-c1ccccc1C31c3cc(-c4c(O)c(O)c(O)c(O)c4O)ccc3-c3cccc[n+]31)C2(C)C. The van der Waals surface area contributed by atoms with Crippen molar-refractivity contribution in [1.82, 2.24) is 0 Å². The molecule has 0 amide bonds. The van der Waals surface area contributed by atoms with E-state index in [1.54, 1.807) is 6.07 Å². The van der Waals surface area contributed by atoms with Gasteiger partial charge in [0.25, 0.3) is 0 Å². The molecule has 0 saturated carbocycles. The number of hydrogen-bond acceptors (Lipinski definition) is 5. The molecule has 0 saturated heterocycles. The average molecular weight is 685 g/mol. The summed E-state index contributed by atoms with van der Waals surface area (Å²) in [5.74, 6) is -3.91. The number of nitrogens with zero attached hydrogens (tertiary/aromatic N) is 2. The van der Waals surface area contributed by atoms with Crippen molar-refractivity contribution in [3.8, 4) is 73.5 Å². The van der Waals surface area contributed by atoms with Gasteiger partial charge in [-0.2, -0.15) is 0 Å². The van der Waals surface area contributed by atoms with Crippen molar-refractivity contribution in [2.24, 2.45) is 0 Å². The molecule has 5 aromatic carbocycles. The zero-order valence-electron chi connectivity index (χ0n) is 29.1. The highest BCUT2D eigenvalue weighted by Crippen LogP contribution is 2.59. The lowest BCUT2D eigenvalue weighted by molar-refractivity contribution is -0.944. The molecule has 2 aromatic heterocycles. The second-order valence-electron chi connectivity index (χ2n) is 15.1. The number of para-hydroxylation sites is 1. The number of aromatic hydroxyl groups is 5. The molecule has 7 heteroatoms. The van der Waals surface area contributed by atoms with Crippen molar-refractivity contribution in [2.75, 3.05) is 0 Å². The summed E-state index contributed by atoms with van der Waals surface area (Å²) in [5, 5.41) is 54.7. The Labute approximate surface area is 300 Å². The zero-order valence-corrected chi connectivity index (χ0v) is 29.1. The molecule has 0 fully saturated rings. The van der Waals surface area contributed by atoms with E-state index in [0.717, 1.165) is 44.5 Å². The Hall–Kier alpha value is -6.34. The highest BCUT2D eigenvalue weighted by Gasteiger charge is 2.68. The van der Waals surface area contributed by atoms with Crippen molar-refractivity contribution < 1.29 is 34.7 Å². The molecule has 3 aliphatic rings. The summed E-state index contributed by atoms with van der Waals surface area (Å²) in [4.78, 5) is 0. The van der Waals surface area contributed by atoms with Gasteiger partial charge in [0.05, 0.1) is 27.6 Å². The number of rotatable bonds is 2. The fourth-order valence-corrected chi connectivity index (χ4v) is 9.54. The van der Waals surface area contributed by atoms with Gasteiger partial charge < -0.3 is 25.5 Å². The van der Waals surface area contributed by atoms with Crippen molar-refractivity contribution >= 4 is 10.9 Å². The van der Waals surface area contributed by atoms with E-state index in [1.807, 2.05) is 24.3 Å². The van der Waals surface area contributed by atoms with Crippen LogP contribution in [0, 0.1) is 0 Å². The number of phenols is 5. The van der Waals surface area contributed by atoms with Gasteiger partial charge in [0.15, 0.2) is 17.7 Å². The molecule has 5 N–H and O–H groups in total. The predicted octanol–water partition coefficient (Wildman–Crippen LogP) is 8.30. The van der Waals surface area contributed by atoms with E-state index in [2.05, 4.69) is 116 Å². The fraction of sp³-hybridized carbons (Fsp3) is 0.156. The summed E-state index contributed by atoms with van der Waals surface area (Å²) in [7, 11) is 0. The summed E-state index contributed by atoms with van der Waals surface area (Å²) < 4.78 is 4.79. The quantitative estimate of drug-likeness (QED) is 0.0716. The number of phenolic OH excluding ortho intramolecular Hbond substituents is 5. The zero-order chi connectivity index (χ0) is 36.0. The molecule has 1 atom stereocenters. The van der Waals surface area contributed by atoms with Gasteiger partial charge in [-0.1, -0.05) is 76.2 Å². The minimum Gasteiger partial charge on any atom is -0.504 e. The summed E-state index contributed by atoms with van der Waals surface area (Å²) in [6.45, 7) is 9.12. The number of hydrogen-bond donors (Lipinski definition) is 5. The lowest BCUT2D eigenvalue weighted by Crippen LogP contribution is -2.71. The van der Waals surface area contributed by atoms with Crippen LogP contribution in [0.1, 0.15) is 61.4 Å². The van der Waals surface area contributed by atoms with Gasteiger partial charge in [-0.25, -0.2) is 0 Å². The van der Waals surface area contributed by atoms with Crippen LogP contribution in [-0.2, 0) is 11.1 Å². The molecular weight excluding hydrogens is 649 g/mol. The molecular formula is C45H36N2O5+2. The van der Waals surface area contributed by atoms with Crippen LogP contribution in [0.4, 0.5) is 0 Å². The Kier molecular flexibility index (Phi) is 5.81. The lowest BCUT2D eigenvalue weighted by Gasteiger charge is -2.24. The molecule has 1 spiro atoms. The first-order chi connectivity index (χ1) is 25.0. The third kappa shape index (κ3) is 3.41.